The molecule has 0 aliphatic rings. The summed E-state index contributed by atoms with van der Waals surface area (Å²) >= 11 is 5.94. The van der Waals surface area contributed by atoms with Crippen molar-refractivity contribution >= 4 is 11.6 Å². The van der Waals surface area contributed by atoms with Gasteiger partial charge < -0.3 is 15.2 Å². The van der Waals surface area contributed by atoms with Gasteiger partial charge in [-0.2, -0.15) is 0 Å². The van der Waals surface area contributed by atoms with Gasteiger partial charge in [-0.05, 0) is 12.1 Å². The molecular formula is C14H16ClN3O2. The Labute approximate surface area is 122 Å². The van der Waals surface area contributed by atoms with Crippen LogP contribution in [0.2, 0.25) is 5.02 Å². The van der Waals surface area contributed by atoms with Crippen LogP contribution in [0.15, 0.2) is 30.6 Å². The van der Waals surface area contributed by atoms with Gasteiger partial charge in [0.2, 0.25) is 5.88 Å². The maximum atomic E-state index is 6.22. The normalized spacial score (nSPS) is 12.0. The predicted molar refractivity (Wildman–Crippen MR) is 77.2 cm³/mol. The van der Waals surface area contributed by atoms with Crippen LogP contribution in [-0.4, -0.2) is 24.2 Å². The minimum atomic E-state index is -0.248. The fraction of sp³-hybridized carbons (Fsp3) is 0.286. The zero-order valence-corrected chi connectivity index (χ0v) is 12.1. The molecule has 2 rings (SSSR count). The number of aromatic nitrogens is 2. The minimum Gasteiger partial charge on any atom is -0.496 e. The zero-order chi connectivity index (χ0) is 14.5. The van der Waals surface area contributed by atoms with E-state index in [1.54, 1.807) is 32.4 Å². The quantitative estimate of drug-likeness (QED) is 0.916. The van der Waals surface area contributed by atoms with Gasteiger partial charge in [-0.1, -0.05) is 17.7 Å². The molecule has 0 bridgehead atoms. The van der Waals surface area contributed by atoms with Gasteiger partial charge in [0.05, 0.1) is 14.2 Å². The second-order valence-electron chi connectivity index (χ2n) is 4.25. The Hall–Kier alpha value is -1.85. The third kappa shape index (κ3) is 3.37. The van der Waals surface area contributed by atoms with Crippen molar-refractivity contribution in [3.63, 3.8) is 0 Å². The van der Waals surface area contributed by atoms with Crippen LogP contribution in [0.5, 0.6) is 11.6 Å². The summed E-state index contributed by atoms with van der Waals surface area (Å²) in [6, 6.07) is 6.92. The Kier molecular flexibility index (Phi) is 4.76. The molecule has 2 N–H and O–H groups in total. The first kappa shape index (κ1) is 14.6. The average molecular weight is 294 g/mol. The van der Waals surface area contributed by atoms with Crippen molar-refractivity contribution in [2.75, 3.05) is 14.2 Å². The maximum absolute atomic E-state index is 6.22. The summed E-state index contributed by atoms with van der Waals surface area (Å²) in [4.78, 5) is 8.15. The van der Waals surface area contributed by atoms with Gasteiger partial charge >= 0.3 is 0 Å². The fourth-order valence-corrected chi connectivity index (χ4v) is 2.09. The number of ether oxygens (including phenoxy) is 2. The molecule has 1 unspecified atom stereocenters. The second kappa shape index (κ2) is 6.54. The van der Waals surface area contributed by atoms with Crippen molar-refractivity contribution in [1.82, 2.24) is 9.97 Å². The molecule has 0 radical (unpaired) electrons. The third-order valence-corrected chi connectivity index (χ3v) is 3.17. The van der Waals surface area contributed by atoms with Crippen LogP contribution >= 0.6 is 11.6 Å². The number of methoxy groups -OCH3 is 2. The summed E-state index contributed by atoms with van der Waals surface area (Å²) in [7, 11) is 3.16. The van der Waals surface area contributed by atoms with Crippen LogP contribution in [0.4, 0.5) is 0 Å². The molecule has 0 aliphatic heterocycles. The maximum Gasteiger partial charge on any atom is 0.216 e. The highest BCUT2D eigenvalue weighted by molar-refractivity contribution is 6.30. The number of nitrogens with zero attached hydrogens (tertiary/aromatic N) is 2. The lowest BCUT2D eigenvalue weighted by Crippen LogP contribution is -2.15. The van der Waals surface area contributed by atoms with Crippen molar-refractivity contribution in [2.24, 2.45) is 5.73 Å². The number of rotatable bonds is 5. The molecule has 0 fully saturated rings. The summed E-state index contributed by atoms with van der Waals surface area (Å²) in [5, 5.41) is 0.613. The lowest BCUT2D eigenvalue weighted by molar-refractivity contribution is 0.395. The van der Waals surface area contributed by atoms with Crippen molar-refractivity contribution in [3.05, 3.63) is 46.9 Å². The molecule has 0 amide bonds. The van der Waals surface area contributed by atoms with E-state index in [1.165, 1.54) is 6.33 Å². The first-order valence-corrected chi connectivity index (χ1v) is 6.45. The zero-order valence-electron chi connectivity index (χ0n) is 11.3. The van der Waals surface area contributed by atoms with E-state index in [-0.39, 0.29) is 6.04 Å². The van der Waals surface area contributed by atoms with E-state index in [9.17, 15) is 0 Å². The lowest BCUT2D eigenvalue weighted by atomic mass is 10.0. The van der Waals surface area contributed by atoms with Crippen molar-refractivity contribution in [2.45, 2.75) is 12.5 Å². The minimum absolute atomic E-state index is 0.248. The van der Waals surface area contributed by atoms with Crippen LogP contribution in [0, 0.1) is 0 Å². The van der Waals surface area contributed by atoms with Crippen LogP contribution in [0.1, 0.15) is 17.3 Å². The number of hydrogen-bond donors (Lipinski definition) is 1. The molecule has 6 heteroatoms. The van der Waals surface area contributed by atoms with Crippen LogP contribution < -0.4 is 15.2 Å². The summed E-state index contributed by atoms with van der Waals surface area (Å²) in [5.41, 5.74) is 7.91. The predicted octanol–water partition coefficient (Wildman–Crippen LogP) is 2.39. The first-order chi connectivity index (χ1) is 9.63. The van der Waals surface area contributed by atoms with Gasteiger partial charge in [0.1, 0.15) is 12.1 Å². The fourth-order valence-electron chi connectivity index (χ4n) is 1.93. The van der Waals surface area contributed by atoms with Crippen molar-refractivity contribution in [3.8, 4) is 11.6 Å². The standard InChI is InChI=1S/C14H16ClN3O2/c1-19-13-5-9(15)3-4-11(13)12(16)6-10-7-14(20-2)18-8-17-10/h3-5,7-8,12H,6,16H2,1-2H3. The van der Waals surface area contributed by atoms with E-state index < -0.39 is 0 Å². The van der Waals surface area contributed by atoms with Gasteiger partial charge in [0.25, 0.3) is 0 Å². The monoisotopic (exact) mass is 293 g/mol. The molecule has 1 aromatic carbocycles. The SMILES string of the molecule is COc1cc(CC(N)c2ccc(Cl)cc2OC)ncn1. The molecular weight excluding hydrogens is 278 g/mol. The molecule has 0 saturated heterocycles. The van der Waals surface area contributed by atoms with Crippen LogP contribution in [0.25, 0.3) is 0 Å². The molecule has 20 heavy (non-hydrogen) atoms. The van der Waals surface area contributed by atoms with Gasteiger partial charge in [0.15, 0.2) is 0 Å². The van der Waals surface area contributed by atoms with Gasteiger partial charge in [0, 0.05) is 34.8 Å². The number of nitrogens with two attached hydrogens (primary N) is 1. The van der Waals surface area contributed by atoms with Crippen molar-refractivity contribution < 1.29 is 9.47 Å². The van der Waals surface area contributed by atoms with E-state index in [0.717, 1.165) is 11.3 Å². The molecule has 1 heterocycles. The van der Waals surface area contributed by atoms with E-state index >= 15 is 0 Å². The molecule has 0 aliphatic carbocycles. The number of benzene rings is 1. The average Bonchev–Trinajstić information content (AvgIpc) is 2.47. The van der Waals surface area contributed by atoms with Gasteiger partial charge in [-0.3, -0.25) is 0 Å². The van der Waals surface area contributed by atoms with E-state index in [4.69, 9.17) is 26.8 Å². The molecule has 2 aromatic rings. The summed E-state index contributed by atoms with van der Waals surface area (Å²) in [6.45, 7) is 0. The molecule has 0 spiro atoms. The Morgan fingerprint density at radius 1 is 1.20 bits per heavy atom. The Bertz CT molecular complexity index is 592. The number of hydrogen-bond acceptors (Lipinski definition) is 5. The largest absolute Gasteiger partial charge is 0.496 e. The van der Waals surface area contributed by atoms with Crippen molar-refractivity contribution in [1.29, 1.82) is 0 Å². The molecule has 0 saturated carbocycles. The molecule has 106 valence electrons. The Morgan fingerprint density at radius 3 is 2.70 bits per heavy atom. The van der Waals surface area contributed by atoms with Gasteiger partial charge in [-0.25, -0.2) is 9.97 Å². The highest BCUT2D eigenvalue weighted by atomic mass is 35.5. The first-order valence-electron chi connectivity index (χ1n) is 6.08. The third-order valence-electron chi connectivity index (χ3n) is 2.93. The van der Waals surface area contributed by atoms with E-state index in [0.29, 0.717) is 23.1 Å². The second-order valence-corrected chi connectivity index (χ2v) is 4.69. The summed E-state index contributed by atoms with van der Waals surface area (Å²) in [5.74, 6) is 1.19. The van der Waals surface area contributed by atoms with E-state index in [1.807, 2.05) is 6.07 Å². The lowest BCUT2D eigenvalue weighted by Gasteiger charge is -2.15. The summed E-state index contributed by atoms with van der Waals surface area (Å²) in [6.07, 6.45) is 2.01. The topological polar surface area (TPSA) is 70.3 Å². The van der Waals surface area contributed by atoms with Crippen LogP contribution in [0.3, 0.4) is 0 Å². The van der Waals surface area contributed by atoms with Gasteiger partial charge in [-0.15, -0.1) is 0 Å². The highest BCUT2D eigenvalue weighted by Gasteiger charge is 2.14. The van der Waals surface area contributed by atoms with E-state index in [2.05, 4.69) is 9.97 Å². The molecule has 5 nitrogen and oxygen atoms in total. The molecule has 1 aromatic heterocycles. The Morgan fingerprint density at radius 2 is 2.00 bits per heavy atom. The summed E-state index contributed by atoms with van der Waals surface area (Å²) < 4.78 is 10.4. The highest BCUT2D eigenvalue weighted by Crippen LogP contribution is 2.28. The number of halogens is 1. The van der Waals surface area contributed by atoms with Crippen LogP contribution in [-0.2, 0) is 6.42 Å². The molecule has 1 atom stereocenters. The smallest absolute Gasteiger partial charge is 0.216 e. The Balaban J connectivity index is 2.21.